The number of piperidine rings is 1. The Hall–Kier alpha value is -2.87. The predicted octanol–water partition coefficient (Wildman–Crippen LogP) is 4.88. The van der Waals surface area contributed by atoms with Crippen LogP contribution in [0.2, 0.25) is 10.0 Å². The molecule has 7 rings (SSSR count). The molecule has 1 saturated carbocycles. The first kappa shape index (κ1) is 22.3. The van der Waals surface area contributed by atoms with E-state index in [1.54, 1.807) is 6.07 Å². The van der Waals surface area contributed by atoms with Crippen LogP contribution in [0.25, 0.3) is 11.0 Å². The number of nitrogens with two attached hydrogens (primary N) is 1. The second-order valence-corrected chi connectivity index (χ2v) is 11.4. The van der Waals surface area contributed by atoms with Crippen molar-refractivity contribution >= 4 is 40.2 Å². The van der Waals surface area contributed by atoms with Crippen molar-refractivity contribution in [2.24, 2.45) is 11.1 Å². The summed E-state index contributed by atoms with van der Waals surface area (Å²) in [6, 6.07) is 14.2. The SMILES string of the molecule is N[C@@H]1c2ccccc2CC12CCN(c1nc3[nH]nc(C4(c5cccc(Cl)c5Cl)CC4)c3c(=O)[nH]1)CC2. The fourth-order valence-electron chi connectivity index (χ4n) is 6.52. The Morgan fingerprint density at radius 1 is 1.03 bits per heavy atom. The maximum atomic E-state index is 13.4. The number of aromatic amines is 2. The highest BCUT2D eigenvalue weighted by atomic mass is 35.5. The first-order chi connectivity index (χ1) is 17.4. The zero-order valence-corrected chi connectivity index (χ0v) is 21.2. The van der Waals surface area contributed by atoms with E-state index >= 15 is 0 Å². The number of nitrogens with one attached hydrogen (secondary N) is 2. The fourth-order valence-corrected chi connectivity index (χ4v) is 7.01. The smallest absolute Gasteiger partial charge is 0.263 e. The first-order valence-corrected chi connectivity index (χ1v) is 13.2. The van der Waals surface area contributed by atoms with Crippen molar-refractivity contribution < 1.29 is 0 Å². The molecule has 2 aromatic heterocycles. The fraction of sp³-hybridized carbons (Fsp3) is 0.370. The van der Waals surface area contributed by atoms with E-state index in [0.717, 1.165) is 50.8 Å². The van der Waals surface area contributed by atoms with E-state index in [0.29, 0.717) is 32.7 Å². The quantitative estimate of drug-likeness (QED) is 0.357. The lowest BCUT2D eigenvalue weighted by molar-refractivity contribution is 0.187. The molecular formula is C27H26Cl2N6O. The summed E-state index contributed by atoms with van der Waals surface area (Å²) in [6.45, 7) is 1.58. The van der Waals surface area contributed by atoms with E-state index in [1.165, 1.54) is 11.1 Å². The molecule has 4 aromatic rings. The van der Waals surface area contributed by atoms with Crippen molar-refractivity contribution in [3.8, 4) is 0 Å². The Balaban J connectivity index is 1.18. The van der Waals surface area contributed by atoms with E-state index in [2.05, 4.69) is 44.3 Å². The Kier molecular flexibility index (Phi) is 4.85. The molecular weight excluding hydrogens is 495 g/mol. The third-order valence-corrected chi connectivity index (χ3v) is 9.56. The normalized spacial score (nSPS) is 21.8. The molecule has 1 aliphatic heterocycles. The van der Waals surface area contributed by atoms with Gasteiger partial charge in [0.05, 0.1) is 15.7 Å². The monoisotopic (exact) mass is 520 g/mol. The highest BCUT2D eigenvalue weighted by Gasteiger charge is 2.51. The lowest BCUT2D eigenvalue weighted by Gasteiger charge is -2.42. The molecule has 3 heterocycles. The summed E-state index contributed by atoms with van der Waals surface area (Å²) in [5.41, 5.74) is 10.9. The summed E-state index contributed by atoms with van der Waals surface area (Å²) in [6.07, 6.45) is 4.62. The lowest BCUT2D eigenvalue weighted by atomic mass is 9.73. The summed E-state index contributed by atoms with van der Waals surface area (Å²) < 4.78 is 0. The van der Waals surface area contributed by atoms with Crippen LogP contribution >= 0.6 is 23.2 Å². The van der Waals surface area contributed by atoms with Crippen LogP contribution in [0.15, 0.2) is 47.3 Å². The molecule has 4 N–H and O–H groups in total. The molecule has 3 aliphatic rings. The molecule has 2 aromatic carbocycles. The third kappa shape index (κ3) is 3.12. The number of nitrogens with zero attached hydrogens (tertiary/aromatic N) is 3. The van der Waals surface area contributed by atoms with Gasteiger partial charge in [0.1, 0.15) is 5.39 Å². The van der Waals surface area contributed by atoms with E-state index in [1.807, 2.05) is 12.1 Å². The highest BCUT2D eigenvalue weighted by Crippen LogP contribution is 2.56. The maximum Gasteiger partial charge on any atom is 0.263 e. The van der Waals surface area contributed by atoms with Gasteiger partial charge in [-0.2, -0.15) is 10.1 Å². The zero-order valence-electron chi connectivity index (χ0n) is 19.7. The Morgan fingerprint density at radius 2 is 1.81 bits per heavy atom. The van der Waals surface area contributed by atoms with Gasteiger partial charge in [0.25, 0.3) is 5.56 Å². The van der Waals surface area contributed by atoms with Crippen LogP contribution in [0.1, 0.15) is 54.1 Å². The van der Waals surface area contributed by atoms with Gasteiger partial charge in [-0.25, -0.2) is 0 Å². The number of anilines is 1. The molecule has 184 valence electrons. The van der Waals surface area contributed by atoms with Crippen LogP contribution in [0.3, 0.4) is 0 Å². The molecule has 0 bridgehead atoms. The predicted molar refractivity (Wildman–Crippen MR) is 142 cm³/mol. The average molecular weight is 521 g/mol. The van der Waals surface area contributed by atoms with Gasteiger partial charge in [-0.3, -0.25) is 14.9 Å². The Morgan fingerprint density at radius 3 is 2.56 bits per heavy atom. The van der Waals surface area contributed by atoms with E-state index in [4.69, 9.17) is 33.9 Å². The molecule has 0 radical (unpaired) electrons. The number of rotatable bonds is 3. The van der Waals surface area contributed by atoms with Crippen LogP contribution < -0.4 is 16.2 Å². The molecule has 0 unspecified atom stereocenters. The van der Waals surface area contributed by atoms with Crippen LogP contribution in [-0.2, 0) is 11.8 Å². The van der Waals surface area contributed by atoms with Gasteiger partial charge >= 0.3 is 0 Å². The van der Waals surface area contributed by atoms with Gasteiger partial charge in [-0.1, -0.05) is 59.6 Å². The molecule has 36 heavy (non-hydrogen) atoms. The molecule has 7 nitrogen and oxygen atoms in total. The van der Waals surface area contributed by atoms with Crippen molar-refractivity contribution in [2.45, 2.75) is 43.6 Å². The van der Waals surface area contributed by atoms with Crippen molar-refractivity contribution in [1.29, 1.82) is 0 Å². The number of hydrogen-bond acceptors (Lipinski definition) is 5. The molecule has 9 heteroatoms. The minimum absolute atomic E-state index is 0.0496. The van der Waals surface area contributed by atoms with Crippen LogP contribution in [-0.4, -0.2) is 33.3 Å². The number of aromatic nitrogens is 4. The van der Waals surface area contributed by atoms with E-state index < -0.39 is 5.41 Å². The number of benzene rings is 2. The van der Waals surface area contributed by atoms with Crippen molar-refractivity contribution in [3.05, 3.63) is 85.2 Å². The van der Waals surface area contributed by atoms with Gasteiger partial charge < -0.3 is 10.6 Å². The Bertz CT molecular complexity index is 1560. The second-order valence-electron chi connectivity index (χ2n) is 10.6. The van der Waals surface area contributed by atoms with Crippen molar-refractivity contribution in [1.82, 2.24) is 20.2 Å². The van der Waals surface area contributed by atoms with Gasteiger partial charge in [0.2, 0.25) is 5.95 Å². The Labute approximate surface area is 218 Å². The summed E-state index contributed by atoms with van der Waals surface area (Å²) in [7, 11) is 0. The first-order valence-electron chi connectivity index (χ1n) is 12.4. The molecule has 2 aliphatic carbocycles. The second kappa shape index (κ2) is 7.81. The average Bonchev–Trinajstić information content (AvgIpc) is 3.48. The number of hydrogen-bond donors (Lipinski definition) is 3. The van der Waals surface area contributed by atoms with E-state index in [-0.39, 0.29) is 17.0 Å². The minimum atomic E-state index is -0.415. The van der Waals surface area contributed by atoms with Crippen LogP contribution in [0.4, 0.5) is 5.95 Å². The summed E-state index contributed by atoms with van der Waals surface area (Å²) >= 11 is 12.8. The number of halogens is 2. The standard InChI is InChI=1S/C27H26Cl2N6O/c28-18-7-3-6-17(20(18)29)27(8-9-27)22-19-23(34-33-22)31-25(32-24(19)36)35-12-10-26(11-13-35)14-15-4-1-2-5-16(15)21(26)30/h1-7,21H,8-14,30H2,(H2,31,32,33,34,36)/t21-/m1/s1. The molecule has 1 atom stereocenters. The van der Waals surface area contributed by atoms with Gasteiger partial charge in [-0.15, -0.1) is 0 Å². The van der Waals surface area contributed by atoms with E-state index in [9.17, 15) is 4.79 Å². The van der Waals surface area contributed by atoms with Crippen LogP contribution in [0, 0.1) is 5.41 Å². The van der Waals surface area contributed by atoms with Gasteiger partial charge in [0.15, 0.2) is 5.65 Å². The largest absolute Gasteiger partial charge is 0.342 e. The molecule has 0 amide bonds. The highest BCUT2D eigenvalue weighted by molar-refractivity contribution is 6.42. The molecule has 1 spiro atoms. The lowest BCUT2D eigenvalue weighted by Crippen LogP contribution is -2.45. The van der Waals surface area contributed by atoms with Gasteiger partial charge in [0, 0.05) is 24.5 Å². The number of fused-ring (bicyclic) bond motifs is 2. The number of H-pyrrole nitrogens is 2. The zero-order chi connectivity index (χ0) is 24.7. The summed E-state index contributed by atoms with van der Waals surface area (Å²) in [4.78, 5) is 23.4. The van der Waals surface area contributed by atoms with Crippen LogP contribution in [0.5, 0.6) is 0 Å². The third-order valence-electron chi connectivity index (χ3n) is 8.74. The van der Waals surface area contributed by atoms with Gasteiger partial charge in [-0.05, 0) is 60.3 Å². The topological polar surface area (TPSA) is 104 Å². The van der Waals surface area contributed by atoms with Crippen molar-refractivity contribution in [3.63, 3.8) is 0 Å². The summed E-state index contributed by atoms with van der Waals surface area (Å²) in [5.74, 6) is 0.576. The maximum absolute atomic E-state index is 13.4. The van der Waals surface area contributed by atoms with Crippen molar-refractivity contribution in [2.75, 3.05) is 18.0 Å². The molecule has 2 fully saturated rings. The molecule has 1 saturated heterocycles. The summed E-state index contributed by atoms with van der Waals surface area (Å²) in [5, 5.41) is 9.11. The minimum Gasteiger partial charge on any atom is -0.342 e.